The van der Waals surface area contributed by atoms with Crippen LogP contribution >= 0.6 is 0 Å². The van der Waals surface area contributed by atoms with Crippen molar-refractivity contribution in [1.29, 1.82) is 0 Å². The Labute approximate surface area is 203 Å². The molecule has 0 bridgehead atoms. The van der Waals surface area contributed by atoms with Crippen LogP contribution in [0, 0.1) is 17.8 Å². The number of hydrogen-bond donors (Lipinski definition) is 1. The van der Waals surface area contributed by atoms with Crippen LogP contribution < -0.4 is 5.32 Å². The number of nitrogens with one attached hydrogen (secondary N) is 1. The molecule has 4 atom stereocenters. The Morgan fingerprint density at radius 3 is 2.06 bits per heavy atom. The molecule has 0 aromatic heterocycles. The van der Waals surface area contributed by atoms with Crippen molar-refractivity contribution in [2.75, 3.05) is 0 Å². The molecule has 2 saturated carbocycles. The van der Waals surface area contributed by atoms with Gasteiger partial charge in [-0.2, -0.15) is 0 Å². The van der Waals surface area contributed by atoms with Crippen LogP contribution in [0.25, 0.3) is 0 Å². The van der Waals surface area contributed by atoms with Crippen LogP contribution in [-0.4, -0.2) is 36.1 Å². The summed E-state index contributed by atoms with van der Waals surface area (Å²) >= 11 is -2.31. The Balaban J connectivity index is 2.24. The van der Waals surface area contributed by atoms with E-state index < -0.39 is 24.0 Å². The fourth-order valence-electron chi connectivity index (χ4n) is 6.24. The molecule has 0 aliphatic heterocycles. The van der Waals surface area contributed by atoms with Gasteiger partial charge >= 0.3 is 204 Å². The molecule has 3 nitrogen and oxygen atoms in total. The van der Waals surface area contributed by atoms with E-state index in [0.717, 1.165) is 18.3 Å². The quantitative estimate of drug-likeness (QED) is 0.245. The van der Waals surface area contributed by atoms with Gasteiger partial charge in [0.25, 0.3) is 0 Å². The SMILES string of the molecule is CCC[CH2][Sn](/[CH]=C/[C@@H]1[C@H]2CCCC[C@@H]2C[C@@H]1NC(=O)OC(C)(C)C)([CH2]CCC)[CH2]CCC. The number of carbonyl (C=O) groups is 1. The summed E-state index contributed by atoms with van der Waals surface area (Å²) < 4.78 is 13.1. The molecule has 1 amide bonds. The molecular weight excluding hydrogens is 501 g/mol. The van der Waals surface area contributed by atoms with Gasteiger partial charge in [0.1, 0.15) is 0 Å². The minimum atomic E-state index is -2.31. The second-order valence-electron chi connectivity index (χ2n) is 11.8. The molecule has 2 rings (SSSR count). The number of amides is 1. The summed E-state index contributed by atoms with van der Waals surface area (Å²) in [6, 6.07) is 0.252. The van der Waals surface area contributed by atoms with E-state index in [1.807, 2.05) is 20.8 Å². The van der Waals surface area contributed by atoms with E-state index in [2.05, 4.69) is 36.3 Å². The van der Waals surface area contributed by atoms with Crippen molar-refractivity contribution in [3.05, 3.63) is 10.2 Å². The van der Waals surface area contributed by atoms with Gasteiger partial charge in [-0.15, -0.1) is 0 Å². The summed E-state index contributed by atoms with van der Waals surface area (Å²) in [6.45, 7) is 12.9. The first-order valence-electron chi connectivity index (χ1n) is 13.9. The third kappa shape index (κ3) is 8.87. The number of unbranched alkanes of at least 4 members (excludes halogenated alkanes) is 3. The predicted molar refractivity (Wildman–Crippen MR) is 141 cm³/mol. The van der Waals surface area contributed by atoms with E-state index >= 15 is 0 Å². The zero-order valence-corrected chi connectivity index (χ0v) is 25.0. The maximum atomic E-state index is 12.6. The molecule has 186 valence electrons. The fraction of sp³-hybridized carbons (Fsp3) is 0.893. The van der Waals surface area contributed by atoms with Gasteiger partial charge in [-0.05, 0) is 0 Å². The molecule has 0 radical (unpaired) electrons. The van der Waals surface area contributed by atoms with E-state index in [0.29, 0.717) is 5.92 Å². The molecule has 0 aromatic rings. The Bertz CT molecular complexity index is 561. The summed E-state index contributed by atoms with van der Waals surface area (Å²) in [4.78, 5) is 12.6. The Kier molecular flexibility index (Phi) is 12.0. The average molecular weight is 554 g/mol. The van der Waals surface area contributed by atoms with E-state index in [9.17, 15) is 4.79 Å². The van der Waals surface area contributed by atoms with Crippen molar-refractivity contribution in [3.8, 4) is 0 Å². The molecule has 0 unspecified atom stereocenters. The normalized spacial score (nSPS) is 26.3. The van der Waals surface area contributed by atoms with Gasteiger partial charge in [-0.25, -0.2) is 0 Å². The summed E-state index contributed by atoms with van der Waals surface area (Å²) in [5, 5.41) is 3.32. The van der Waals surface area contributed by atoms with E-state index in [-0.39, 0.29) is 12.1 Å². The molecule has 2 aliphatic carbocycles. The second kappa shape index (κ2) is 13.6. The third-order valence-corrected chi connectivity index (χ3v) is 22.1. The molecular formula is C28H53NO2Sn. The fourth-order valence-corrected chi connectivity index (χ4v) is 20.7. The molecule has 0 saturated heterocycles. The average Bonchev–Trinajstić information content (AvgIpc) is 3.08. The van der Waals surface area contributed by atoms with Gasteiger partial charge in [-0.1, -0.05) is 0 Å². The van der Waals surface area contributed by atoms with Crippen molar-refractivity contribution < 1.29 is 9.53 Å². The van der Waals surface area contributed by atoms with Crippen molar-refractivity contribution in [1.82, 2.24) is 5.32 Å². The Hall–Kier alpha value is -0.191. The molecule has 4 heteroatoms. The monoisotopic (exact) mass is 555 g/mol. The minimum absolute atomic E-state index is 0.225. The standard InChI is InChI=1S/C16H26NO2.3C4H9.Sn/c1-5-12-13-9-7-6-8-11(13)10-14(12)17-15(18)19-16(2,3)4;3*1-3-4-2;/h1,5,11-14H,6-10H2,2-4H3,(H,17,18);3*1,3-4H2,2H3;/t11-,12-,13+,14+;;;;/m1..../s1. The number of carbonyl (C=O) groups excluding carboxylic acids is 1. The topological polar surface area (TPSA) is 38.3 Å². The van der Waals surface area contributed by atoms with Crippen molar-refractivity contribution >= 4 is 24.5 Å². The van der Waals surface area contributed by atoms with Crippen molar-refractivity contribution in [2.24, 2.45) is 17.8 Å². The second-order valence-corrected chi connectivity index (χ2v) is 24.8. The van der Waals surface area contributed by atoms with Crippen LogP contribution in [0.3, 0.4) is 0 Å². The third-order valence-electron chi connectivity index (χ3n) is 7.94. The first-order chi connectivity index (χ1) is 15.2. The number of ether oxygens (including phenoxy) is 1. The number of rotatable bonds is 12. The van der Waals surface area contributed by atoms with E-state index in [4.69, 9.17) is 4.74 Å². The molecule has 0 heterocycles. The van der Waals surface area contributed by atoms with E-state index in [1.54, 1.807) is 0 Å². The molecule has 1 N–H and O–H groups in total. The number of alkyl carbamates (subject to hydrolysis) is 1. The summed E-state index contributed by atoms with van der Waals surface area (Å²) in [7, 11) is 0. The van der Waals surface area contributed by atoms with Crippen molar-refractivity contribution in [2.45, 2.75) is 137 Å². The van der Waals surface area contributed by atoms with Gasteiger partial charge in [0.05, 0.1) is 0 Å². The number of hydrogen-bond acceptors (Lipinski definition) is 2. The molecule has 2 fully saturated rings. The van der Waals surface area contributed by atoms with Crippen LogP contribution in [0.15, 0.2) is 10.2 Å². The molecule has 2 aliphatic rings. The van der Waals surface area contributed by atoms with Crippen LogP contribution in [0.2, 0.25) is 13.3 Å². The molecule has 0 spiro atoms. The van der Waals surface area contributed by atoms with Gasteiger partial charge < -0.3 is 0 Å². The van der Waals surface area contributed by atoms with Crippen molar-refractivity contribution in [3.63, 3.8) is 0 Å². The van der Waals surface area contributed by atoms with Gasteiger partial charge in [0.2, 0.25) is 0 Å². The van der Waals surface area contributed by atoms with Crippen LogP contribution in [0.1, 0.15) is 112 Å². The van der Waals surface area contributed by atoms with E-state index in [1.165, 1.54) is 77.5 Å². The zero-order valence-electron chi connectivity index (χ0n) is 22.2. The summed E-state index contributed by atoms with van der Waals surface area (Å²) in [5.41, 5.74) is -0.438. The molecule has 32 heavy (non-hydrogen) atoms. The Morgan fingerprint density at radius 1 is 0.969 bits per heavy atom. The molecule has 0 aromatic carbocycles. The van der Waals surface area contributed by atoms with Gasteiger partial charge in [0, 0.05) is 0 Å². The number of fused-ring (bicyclic) bond motifs is 1. The zero-order chi connectivity index (χ0) is 23.6. The summed E-state index contributed by atoms with van der Waals surface area (Å²) in [5.74, 6) is 2.05. The first-order valence-corrected chi connectivity index (χ1v) is 21.6. The predicted octanol–water partition coefficient (Wildman–Crippen LogP) is 8.65. The van der Waals surface area contributed by atoms with Crippen LogP contribution in [0.4, 0.5) is 4.79 Å². The Morgan fingerprint density at radius 2 is 1.53 bits per heavy atom. The maximum absolute atomic E-state index is 12.6. The van der Waals surface area contributed by atoms with Gasteiger partial charge in [0.15, 0.2) is 0 Å². The van der Waals surface area contributed by atoms with Gasteiger partial charge in [-0.3, -0.25) is 0 Å². The van der Waals surface area contributed by atoms with Crippen LogP contribution in [0.5, 0.6) is 0 Å². The first kappa shape index (κ1) is 28.0. The summed E-state index contributed by atoms with van der Waals surface area (Å²) in [6.07, 6.45) is 17.2. The van der Waals surface area contributed by atoms with Crippen LogP contribution in [-0.2, 0) is 4.74 Å².